The van der Waals surface area contributed by atoms with Gasteiger partial charge in [-0.05, 0) is 48.6 Å². The molecule has 0 bridgehead atoms. The standard InChI is InChI=1S/C28H36N6O2/c1-24(35)34-20-8-16-31(22-25-9-4-13-29-21-25)15-7-17-32(23-26-10-2-3-11-27(26)34)28(36)12-5-18-33-19-6-14-30-33/h2-4,6,9-11,13-14,19,21H,5,7-8,12,15-18,20,22-23H2,1H3. The smallest absolute Gasteiger partial charge is 0.223 e. The summed E-state index contributed by atoms with van der Waals surface area (Å²) in [6.07, 6.45) is 10.4. The molecule has 8 nitrogen and oxygen atoms in total. The molecule has 36 heavy (non-hydrogen) atoms. The summed E-state index contributed by atoms with van der Waals surface area (Å²) in [7, 11) is 0. The third-order valence-electron chi connectivity index (χ3n) is 6.60. The zero-order valence-corrected chi connectivity index (χ0v) is 21.1. The monoisotopic (exact) mass is 488 g/mol. The fourth-order valence-electron chi connectivity index (χ4n) is 4.79. The molecule has 0 saturated heterocycles. The Labute approximate surface area is 213 Å². The highest BCUT2D eigenvalue weighted by molar-refractivity contribution is 5.92. The number of fused-ring (bicyclic) bond motifs is 1. The molecule has 0 saturated carbocycles. The van der Waals surface area contributed by atoms with Crippen molar-refractivity contribution in [3.05, 3.63) is 78.4 Å². The molecule has 8 heteroatoms. The van der Waals surface area contributed by atoms with Crippen LogP contribution in [0.2, 0.25) is 0 Å². The van der Waals surface area contributed by atoms with Crippen LogP contribution in [0.25, 0.3) is 0 Å². The number of hydrogen-bond donors (Lipinski definition) is 0. The van der Waals surface area contributed by atoms with E-state index in [4.69, 9.17) is 0 Å². The van der Waals surface area contributed by atoms with Crippen LogP contribution in [0, 0.1) is 0 Å². The first-order valence-electron chi connectivity index (χ1n) is 12.8. The average molecular weight is 489 g/mol. The molecule has 4 rings (SSSR count). The molecular formula is C28H36N6O2. The van der Waals surface area contributed by atoms with Crippen LogP contribution in [0.1, 0.15) is 43.7 Å². The minimum atomic E-state index is 0.0235. The molecule has 1 aliphatic rings. The van der Waals surface area contributed by atoms with Gasteiger partial charge in [0, 0.05) is 89.6 Å². The second kappa shape index (κ2) is 13.0. The van der Waals surface area contributed by atoms with Gasteiger partial charge >= 0.3 is 0 Å². The van der Waals surface area contributed by atoms with Crippen molar-refractivity contribution in [2.24, 2.45) is 0 Å². The molecular weight excluding hydrogens is 452 g/mol. The number of para-hydroxylation sites is 1. The molecule has 0 atom stereocenters. The summed E-state index contributed by atoms with van der Waals surface area (Å²) in [6.45, 7) is 6.73. The van der Waals surface area contributed by atoms with Crippen molar-refractivity contribution < 1.29 is 9.59 Å². The van der Waals surface area contributed by atoms with Crippen molar-refractivity contribution >= 4 is 17.5 Å². The lowest BCUT2D eigenvalue weighted by atomic mass is 10.1. The zero-order chi connectivity index (χ0) is 25.2. The summed E-state index contributed by atoms with van der Waals surface area (Å²) in [6, 6.07) is 13.9. The Morgan fingerprint density at radius 3 is 2.53 bits per heavy atom. The molecule has 0 aliphatic carbocycles. The van der Waals surface area contributed by atoms with E-state index in [0.29, 0.717) is 26.1 Å². The van der Waals surface area contributed by atoms with Gasteiger partial charge < -0.3 is 9.80 Å². The highest BCUT2D eigenvalue weighted by Gasteiger charge is 2.21. The number of pyridine rings is 1. The number of nitrogens with zero attached hydrogens (tertiary/aromatic N) is 6. The lowest BCUT2D eigenvalue weighted by molar-refractivity contribution is -0.132. The SMILES string of the molecule is CC(=O)N1CCCN(Cc2cccnc2)CCCN(C(=O)CCCn2cccn2)Cc2ccccc21. The number of rotatable bonds is 6. The van der Waals surface area contributed by atoms with Crippen LogP contribution in [0.4, 0.5) is 5.69 Å². The number of amides is 2. The average Bonchev–Trinajstić information content (AvgIpc) is 3.39. The van der Waals surface area contributed by atoms with Crippen LogP contribution in [0.15, 0.2) is 67.3 Å². The maximum absolute atomic E-state index is 13.3. The number of anilines is 1. The Bertz CT molecular complexity index is 1100. The summed E-state index contributed by atoms with van der Waals surface area (Å²) in [5.74, 6) is 0.164. The molecule has 1 aromatic carbocycles. The predicted octanol–water partition coefficient (Wildman–Crippen LogP) is 3.74. The van der Waals surface area contributed by atoms with Crippen LogP contribution < -0.4 is 4.90 Å². The number of hydrogen-bond acceptors (Lipinski definition) is 5. The van der Waals surface area contributed by atoms with Crippen molar-refractivity contribution in [2.45, 2.75) is 52.2 Å². The first-order chi connectivity index (χ1) is 17.6. The largest absolute Gasteiger partial charge is 0.338 e. The van der Waals surface area contributed by atoms with E-state index in [0.717, 1.165) is 56.7 Å². The third kappa shape index (κ3) is 7.24. The number of carbonyl (C=O) groups excluding carboxylic acids is 2. The van der Waals surface area contributed by atoms with E-state index in [9.17, 15) is 9.59 Å². The summed E-state index contributed by atoms with van der Waals surface area (Å²) in [5, 5.41) is 4.24. The van der Waals surface area contributed by atoms with Crippen molar-refractivity contribution in [2.75, 3.05) is 31.1 Å². The van der Waals surface area contributed by atoms with E-state index in [2.05, 4.69) is 21.0 Å². The maximum Gasteiger partial charge on any atom is 0.223 e. The van der Waals surface area contributed by atoms with Gasteiger partial charge in [-0.1, -0.05) is 24.3 Å². The van der Waals surface area contributed by atoms with Crippen molar-refractivity contribution in [1.29, 1.82) is 0 Å². The van der Waals surface area contributed by atoms with Crippen LogP contribution in [0.3, 0.4) is 0 Å². The Morgan fingerprint density at radius 2 is 1.78 bits per heavy atom. The van der Waals surface area contributed by atoms with E-state index >= 15 is 0 Å². The van der Waals surface area contributed by atoms with Gasteiger partial charge in [0.15, 0.2) is 0 Å². The first-order valence-corrected chi connectivity index (χ1v) is 12.8. The van der Waals surface area contributed by atoms with Crippen LogP contribution >= 0.6 is 0 Å². The Balaban J connectivity index is 1.51. The highest BCUT2D eigenvalue weighted by atomic mass is 16.2. The van der Waals surface area contributed by atoms with Gasteiger partial charge in [0.05, 0.1) is 0 Å². The summed E-state index contributed by atoms with van der Waals surface area (Å²) < 4.78 is 1.86. The van der Waals surface area contributed by atoms with Crippen molar-refractivity contribution in [3.8, 4) is 0 Å². The Morgan fingerprint density at radius 1 is 0.944 bits per heavy atom. The maximum atomic E-state index is 13.3. The van der Waals surface area contributed by atoms with Gasteiger partial charge in [-0.15, -0.1) is 0 Å². The van der Waals surface area contributed by atoms with Crippen molar-refractivity contribution in [1.82, 2.24) is 24.6 Å². The fraction of sp³-hybridized carbons (Fsp3) is 0.429. The molecule has 2 amide bonds. The topological polar surface area (TPSA) is 74.6 Å². The molecule has 0 radical (unpaired) electrons. The molecule has 0 spiro atoms. The zero-order valence-electron chi connectivity index (χ0n) is 21.1. The highest BCUT2D eigenvalue weighted by Crippen LogP contribution is 2.24. The molecule has 0 fully saturated rings. The van der Waals surface area contributed by atoms with Crippen LogP contribution in [0.5, 0.6) is 0 Å². The molecule has 0 N–H and O–H groups in total. The first kappa shape index (κ1) is 25.6. The van der Waals surface area contributed by atoms with E-state index in [-0.39, 0.29) is 11.8 Å². The lowest BCUT2D eigenvalue weighted by Crippen LogP contribution is -2.38. The van der Waals surface area contributed by atoms with Crippen molar-refractivity contribution in [3.63, 3.8) is 0 Å². The second-order valence-corrected chi connectivity index (χ2v) is 9.33. The number of benzene rings is 1. The van der Waals surface area contributed by atoms with Gasteiger partial charge in [0.2, 0.25) is 11.8 Å². The Hall–Kier alpha value is -3.52. The van der Waals surface area contributed by atoms with E-state index < -0.39 is 0 Å². The fourth-order valence-corrected chi connectivity index (χ4v) is 4.79. The minimum Gasteiger partial charge on any atom is -0.338 e. The predicted molar refractivity (Wildman–Crippen MR) is 140 cm³/mol. The van der Waals surface area contributed by atoms with Gasteiger partial charge in [0.25, 0.3) is 0 Å². The molecule has 3 heterocycles. The van der Waals surface area contributed by atoms with Gasteiger partial charge in [0.1, 0.15) is 0 Å². The second-order valence-electron chi connectivity index (χ2n) is 9.33. The normalized spacial score (nSPS) is 15.6. The molecule has 190 valence electrons. The number of carbonyl (C=O) groups is 2. The minimum absolute atomic E-state index is 0.0235. The molecule has 1 aliphatic heterocycles. The quantitative estimate of drug-likeness (QED) is 0.529. The van der Waals surface area contributed by atoms with E-state index in [1.165, 1.54) is 5.56 Å². The van der Waals surface area contributed by atoms with E-state index in [1.54, 1.807) is 19.3 Å². The molecule has 0 unspecified atom stereocenters. The number of aryl methyl sites for hydroxylation is 1. The van der Waals surface area contributed by atoms with E-state index in [1.807, 2.05) is 63.3 Å². The third-order valence-corrected chi connectivity index (χ3v) is 6.60. The van der Waals surface area contributed by atoms with Gasteiger partial charge in [-0.25, -0.2) is 0 Å². The lowest BCUT2D eigenvalue weighted by Gasteiger charge is -2.31. The summed E-state index contributed by atoms with van der Waals surface area (Å²) in [5.41, 5.74) is 3.09. The molecule has 3 aromatic rings. The van der Waals surface area contributed by atoms with Gasteiger partial charge in [-0.2, -0.15) is 5.10 Å². The van der Waals surface area contributed by atoms with Crippen LogP contribution in [-0.4, -0.2) is 62.6 Å². The Kier molecular flexibility index (Phi) is 9.21. The summed E-state index contributed by atoms with van der Waals surface area (Å²) in [4.78, 5) is 36.5. The number of aromatic nitrogens is 3. The summed E-state index contributed by atoms with van der Waals surface area (Å²) >= 11 is 0. The molecule has 2 aromatic heterocycles. The van der Waals surface area contributed by atoms with Crippen LogP contribution in [-0.2, 0) is 29.2 Å². The van der Waals surface area contributed by atoms with Gasteiger partial charge in [-0.3, -0.25) is 24.2 Å².